The van der Waals surface area contributed by atoms with Crippen LogP contribution in [0, 0.1) is 0 Å². The maximum atomic E-state index is 4.79. The van der Waals surface area contributed by atoms with Crippen LogP contribution >= 0.6 is 0 Å². The fourth-order valence-corrected chi connectivity index (χ4v) is 4.08. The topological polar surface area (TPSA) is 54.8 Å². The van der Waals surface area contributed by atoms with Crippen LogP contribution in [0.5, 0.6) is 0 Å². The van der Waals surface area contributed by atoms with Crippen LogP contribution in [-0.2, 0) is 0 Å². The first kappa shape index (κ1) is 18.0. The Morgan fingerprint density at radius 1 is 1.19 bits per heavy atom. The Labute approximate surface area is 161 Å². The molecule has 1 aliphatic heterocycles. The van der Waals surface area contributed by atoms with E-state index in [4.69, 9.17) is 4.98 Å². The highest BCUT2D eigenvalue weighted by molar-refractivity contribution is 5.77. The molecule has 0 amide bonds. The van der Waals surface area contributed by atoms with Gasteiger partial charge in [0.25, 0.3) is 0 Å². The van der Waals surface area contributed by atoms with Crippen molar-refractivity contribution in [1.82, 2.24) is 19.9 Å². The lowest BCUT2D eigenvalue weighted by molar-refractivity contribution is 0.461. The van der Waals surface area contributed by atoms with Gasteiger partial charge in [-0.25, -0.2) is 4.98 Å². The SMILES string of the molecule is CCC(CC)n1ccc2cnc(Nc3ccc(C4CCCNC4)cc3)nc21. The van der Waals surface area contributed by atoms with E-state index in [0.717, 1.165) is 42.7 Å². The molecule has 1 saturated heterocycles. The lowest BCUT2D eigenvalue weighted by Crippen LogP contribution is -2.28. The van der Waals surface area contributed by atoms with E-state index in [1.54, 1.807) is 0 Å². The summed E-state index contributed by atoms with van der Waals surface area (Å²) in [4.78, 5) is 9.28. The molecule has 142 valence electrons. The van der Waals surface area contributed by atoms with Crippen LogP contribution in [0.25, 0.3) is 11.0 Å². The Morgan fingerprint density at radius 2 is 2.00 bits per heavy atom. The molecule has 2 aromatic heterocycles. The van der Waals surface area contributed by atoms with Crippen molar-refractivity contribution in [3.8, 4) is 0 Å². The van der Waals surface area contributed by atoms with E-state index in [-0.39, 0.29) is 0 Å². The molecule has 1 aliphatic rings. The second-order valence-corrected chi connectivity index (χ2v) is 7.46. The summed E-state index contributed by atoms with van der Waals surface area (Å²) in [6.45, 7) is 6.68. The maximum Gasteiger partial charge on any atom is 0.229 e. The van der Waals surface area contributed by atoms with E-state index in [1.807, 2.05) is 6.20 Å². The number of piperidine rings is 1. The molecule has 3 aromatic rings. The van der Waals surface area contributed by atoms with Gasteiger partial charge in [0.1, 0.15) is 5.65 Å². The second kappa shape index (κ2) is 8.09. The first-order valence-corrected chi connectivity index (χ1v) is 10.2. The molecule has 1 unspecified atom stereocenters. The smallest absolute Gasteiger partial charge is 0.229 e. The second-order valence-electron chi connectivity index (χ2n) is 7.46. The molecule has 5 nitrogen and oxygen atoms in total. The summed E-state index contributed by atoms with van der Waals surface area (Å²) in [5.41, 5.74) is 3.44. The molecule has 27 heavy (non-hydrogen) atoms. The maximum absolute atomic E-state index is 4.79. The first-order valence-electron chi connectivity index (χ1n) is 10.2. The van der Waals surface area contributed by atoms with Gasteiger partial charge in [0, 0.05) is 36.1 Å². The highest BCUT2D eigenvalue weighted by Gasteiger charge is 2.15. The van der Waals surface area contributed by atoms with Crippen LogP contribution in [-0.4, -0.2) is 27.6 Å². The Kier molecular flexibility index (Phi) is 5.39. The number of rotatable bonds is 6. The minimum Gasteiger partial charge on any atom is -0.329 e. The van der Waals surface area contributed by atoms with Crippen molar-refractivity contribution in [2.75, 3.05) is 18.4 Å². The van der Waals surface area contributed by atoms with E-state index in [2.05, 4.69) is 70.6 Å². The Bertz CT molecular complexity index is 873. The van der Waals surface area contributed by atoms with Gasteiger partial charge in [-0.05, 0) is 61.9 Å². The lowest BCUT2D eigenvalue weighted by atomic mass is 9.92. The number of benzene rings is 1. The normalized spacial score (nSPS) is 17.5. The zero-order valence-electron chi connectivity index (χ0n) is 16.3. The van der Waals surface area contributed by atoms with Crippen LogP contribution in [0.3, 0.4) is 0 Å². The number of anilines is 2. The van der Waals surface area contributed by atoms with Gasteiger partial charge in [0.15, 0.2) is 0 Å². The molecule has 1 fully saturated rings. The van der Waals surface area contributed by atoms with Crippen molar-refractivity contribution >= 4 is 22.7 Å². The summed E-state index contributed by atoms with van der Waals surface area (Å²) < 4.78 is 2.28. The van der Waals surface area contributed by atoms with Gasteiger partial charge >= 0.3 is 0 Å². The fraction of sp³-hybridized carbons (Fsp3) is 0.455. The summed E-state index contributed by atoms with van der Waals surface area (Å²) in [6.07, 6.45) is 8.77. The molecule has 1 atom stereocenters. The molecule has 2 N–H and O–H groups in total. The average molecular weight is 364 g/mol. The molecule has 0 aliphatic carbocycles. The van der Waals surface area contributed by atoms with Crippen molar-refractivity contribution in [3.05, 3.63) is 48.3 Å². The van der Waals surface area contributed by atoms with E-state index in [1.165, 1.54) is 18.4 Å². The summed E-state index contributed by atoms with van der Waals surface area (Å²) in [7, 11) is 0. The number of nitrogens with zero attached hydrogens (tertiary/aromatic N) is 3. The van der Waals surface area contributed by atoms with Crippen molar-refractivity contribution < 1.29 is 0 Å². The van der Waals surface area contributed by atoms with E-state index in [0.29, 0.717) is 17.9 Å². The Hall–Kier alpha value is -2.40. The highest BCUT2D eigenvalue weighted by atomic mass is 15.2. The summed E-state index contributed by atoms with van der Waals surface area (Å²) >= 11 is 0. The lowest BCUT2D eigenvalue weighted by Gasteiger charge is -2.23. The minimum atomic E-state index is 0.480. The van der Waals surface area contributed by atoms with Gasteiger partial charge in [-0.1, -0.05) is 26.0 Å². The monoisotopic (exact) mass is 363 g/mol. The van der Waals surface area contributed by atoms with Crippen molar-refractivity contribution in [1.29, 1.82) is 0 Å². The Balaban J connectivity index is 1.53. The van der Waals surface area contributed by atoms with Crippen molar-refractivity contribution in [3.63, 3.8) is 0 Å². The summed E-state index contributed by atoms with van der Waals surface area (Å²) in [6, 6.07) is 11.3. The van der Waals surface area contributed by atoms with Gasteiger partial charge in [0.2, 0.25) is 5.95 Å². The molecular weight excluding hydrogens is 334 g/mol. The third kappa shape index (κ3) is 3.83. The highest BCUT2D eigenvalue weighted by Crippen LogP contribution is 2.26. The van der Waals surface area contributed by atoms with Gasteiger partial charge in [-0.2, -0.15) is 4.98 Å². The van der Waals surface area contributed by atoms with Crippen LogP contribution in [0.4, 0.5) is 11.6 Å². The van der Waals surface area contributed by atoms with E-state index >= 15 is 0 Å². The summed E-state index contributed by atoms with van der Waals surface area (Å²) in [5, 5.41) is 7.95. The zero-order chi connectivity index (χ0) is 18.6. The third-order valence-corrected chi connectivity index (χ3v) is 5.73. The first-order chi connectivity index (χ1) is 13.3. The Morgan fingerprint density at radius 3 is 2.70 bits per heavy atom. The zero-order valence-corrected chi connectivity index (χ0v) is 16.3. The number of hydrogen-bond donors (Lipinski definition) is 2. The van der Waals surface area contributed by atoms with Gasteiger partial charge < -0.3 is 15.2 Å². The molecule has 1 aromatic carbocycles. The van der Waals surface area contributed by atoms with Crippen LogP contribution < -0.4 is 10.6 Å². The standard InChI is InChI=1S/C22H29N5/c1-3-20(4-2)27-13-11-18-15-24-22(26-21(18)27)25-19-9-7-16(8-10-19)17-6-5-12-23-14-17/h7-11,13,15,17,20,23H,3-6,12,14H2,1-2H3,(H,24,25,26). The number of aromatic nitrogens is 3. The fourth-order valence-electron chi connectivity index (χ4n) is 4.08. The molecule has 0 saturated carbocycles. The van der Waals surface area contributed by atoms with E-state index < -0.39 is 0 Å². The molecule has 0 radical (unpaired) electrons. The van der Waals surface area contributed by atoms with Crippen molar-refractivity contribution in [2.24, 2.45) is 0 Å². The number of nitrogens with one attached hydrogen (secondary N) is 2. The van der Waals surface area contributed by atoms with Gasteiger partial charge in [-0.3, -0.25) is 0 Å². The average Bonchev–Trinajstić information content (AvgIpc) is 3.14. The molecule has 3 heterocycles. The van der Waals surface area contributed by atoms with Crippen LogP contribution in [0.1, 0.15) is 57.1 Å². The molecule has 4 rings (SSSR count). The number of hydrogen-bond acceptors (Lipinski definition) is 4. The third-order valence-electron chi connectivity index (χ3n) is 5.73. The molecule has 0 spiro atoms. The van der Waals surface area contributed by atoms with Gasteiger partial charge in [0.05, 0.1) is 0 Å². The quantitative estimate of drug-likeness (QED) is 0.647. The van der Waals surface area contributed by atoms with Gasteiger partial charge in [-0.15, -0.1) is 0 Å². The van der Waals surface area contributed by atoms with Crippen LogP contribution in [0.2, 0.25) is 0 Å². The van der Waals surface area contributed by atoms with E-state index in [9.17, 15) is 0 Å². The predicted molar refractivity (Wildman–Crippen MR) is 112 cm³/mol. The molecule has 0 bridgehead atoms. The molecular formula is C22H29N5. The summed E-state index contributed by atoms with van der Waals surface area (Å²) in [5.74, 6) is 1.28. The van der Waals surface area contributed by atoms with Crippen LogP contribution in [0.15, 0.2) is 42.7 Å². The minimum absolute atomic E-state index is 0.480. The predicted octanol–water partition coefficient (Wildman–Crippen LogP) is 5.00. The number of fused-ring (bicyclic) bond motifs is 1. The van der Waals surface area contributed by atoms with Crippen molar-refractivity contribution in [2.45, 2.75) is 51.5 Å². The molecule has 5 heteroatoms. The largest absolute Gasteiger partial charge is 0.329 e.